The Hall–Kier alpha value is -1.07. The van der Waals surface area contributed by atoms with Crippen molar-refractivity contribution in [1.29, 1.82) is 0 Å². The molecule has 0 aliphatic rings. The number of rotatable bonds is 2. The summed E-state index contributed by atoms with van der Waals surface area (Å²) in [6.07, 6.45) is 0.598. The molecule has 0 saturated heterocycles. The van der Waals surface area contributed by atoms with E-state index in [4.69, 9.17) is 12.2 Å². The summed E-state index contributed by atoms with van der Waals surface area (Å²) >= 11 is 8.79. The first-order valence-corrected chi connectivity index (χ1v) is 7.51. The van der Waals surface area contributed by atoms with Gasteiger partial charge in [-0.25, -0.2) is 9.37 Å². The first-order valence-electron chi connectivity index (χ1n) is 6.31. The van der Waals surface area contributed by atoms with Crippen LogP contribution in [0.25, 0.3) is 0 Å². The van der Waals surface area contributed by atoms with Gasteiger partial charge in [0.15, 0.2) is 0 Å². The Kier molecular flexibility index (Phi) is 4.39. The molecule has 2 aromatic rings. The molecule has 0 atom stereocenters. The standard InChI is InChI=1S/C15H16BrFN2S/c1-15(2,3)13-12(16)14(20)19-11(18-13)8-9-4-6-10(17)7-5-9/h4-7H,8H2,1-3H3,(H,18,19,20). The first kappa shape index (κ1) is 15.3. The summed E-state index contributed by atoms with van der Waals surface area (Å²) in [6.45, 7) is 6.33. The highest BCUT2D eigenvalue weighted by Gasteiger charge is 2.20. The van der Waals surface area contributed by atoms with Crippen molar-refractivity contribution in [3.05, 3.63) is 56.3 Å². The van der Waals surface area contributed by atoms with Crippen LogP contribution < -0.4 is 0 Å². The van der Waals surface area contributed by atoms with E-state index in [0.717, 1.165) is 21.6 Å². The Bertz CT molecular complexity index is 672. The molecule has 106 valence electrons. The van der Waals surface area contributed by atoms with E-state index in [0.29, 0.717) is 11.1 Å². The topological polar surface area (TPSA) is 28.7 Å². The summed E-state index contributed by atoms with van der Waals surface area (Å²) in [5.41, 5.74) is 1.95. The van der Waals surface area contributed by atoms with Crippen LogP contribution in [0.4, 0.5) is 4.39 Å². The van der Waals surface area contributed by atoms with Crippen molar-refractivity contribution in [2.45, 2.75) is 32.6 Å². The van der Waals surface area contributed by atoms with Gasteiger partial charge in [0, 0.05) is 17.5 Å². The molecule has 0 spiro atoms. The molecule has 0 bridgehead atoms. The van der Waals surface area contributed by atoms with Gasteiger partial charge in [-0.05, 0) is 33.6 Å². The second kappa shape index (κ2) is 5.74. The van der Waals surface area contributed by atoms with E-state index in [1.165, 1.54) is 12.1 Å². The predicted octanol–water partition coefficient (Wildman–Crippen LogP) is 4.93. The van der Waals surface area contributed by atoms with Crippen LogP contribution in [-0.2, 0) is 11.8 Å². The fourth-order valence-electron chi connectivity index (χ4n) is 1.90. The summed E-state index contributed by atoms with van der Waals surface area (Å²) in [4.78, 5) is 7.72. The van der Waals surface area contributed by atoms with Crippen LogP contribution in [-0.4, -0.2) is 9.97 Å². The van der Waals surface area contributed by atoms with Crippen LogP contribution in [0.3, 0.4) is 0 Å². The first-order chi connectivity index (χ1) is 9.27. The molecule has 1 heterocycles. The number of halogens is 2. The van der Waals surface area contributed by atoms with Gasteiger partial charge in [0.1, 0.15) is 16.3 Å². The maximum absolute atomic E-state index is 12.9. The van der Waals surface area contributed by atoms with Crippen molar-refractivity contribution in [3.8, 4) is 0 Å². The highest BCUT2D eigenvalue weighted by atomic mass is 79.9. The molecule has 1 aromatic heterocycles. The largest absolute Gasteiger partial charge is 0.345 e. The van der Waals surface area contributed by atoms with Crippen LogP contribution in [0.2, 0.25) is 0 Å². The van der Waals surface area contributed by atoms with Gasteiger partial charge in [-0.2, -0.15) is 0 Å². The Morgan fingerprint density at radius 1 is 1.25 bits per heavy atom. The van der Waals surface area contributed by atoms with E-state index >= 15 is 0 Å². The van der Waals surface area contributed by atoms with Crippen molar-refractivity contribution in [2.24, 2.45) is 0 Å². The lowest BCUT2D eigenvalue weighted by Gasteiger charge is -2.21. The molecular formula is C15H16BrFN2S. The quantitative estimate of drug-likeness (QED) is 0.774. The van der Waals surface area contributed by atoms with E-state index in [1.54, 1.807) is 12.1 Å². The SMILES string of the molecule is CC(C)(C)c1[nH]c(Cc2ccc(F)cc2)nc(=S)c1Br. The normalized spacial score (nSPS) is 11.7. The average Bonchev–Trinajstić information content (AvgIpc) is 2.35. The van der Waals surface area contributed by atoms with Gasteiger partial charge in [0.2, 0.25) is 0 Å². The van der Waals surface area contributed by atoms with Gasteiger partial charge in [-0.1, -0.05) is 45.1 Å². The maximum Gasteiger partial charge on any atom is 0.144 e. The summed E-state index contributed by atoms with van der Waals surface area (Å²) in [5, 5.41) is 0. The molecule has 2 rings (SSSR count). The third kappa shape index (κ3) is 3.52. The predicted molar refractivity (Wildman–Crippen MR) is 85.0 cm³/mol. The number of aromatic nitrogens is 2. The molecule has 0 aliphatic heterocycles. The van der Waals surface area contributed by atoms with E-state index in [9.17, 15) is 4.39 Å². The Morgan fingerprint density at radius 2 is 1.85 bits per heavy atom. The minimum Gasteiger partial charge on any atom is -0.345 e. The molecular weight excluding hydrogens is 339 g/mol. The van der Waals surface area contributed by atoms with E-state index in [2.05, 4.69) is 46.7 Å². The molecule has 0 amide bonds. The number of hydrogen-bond acceptors (Lipinski definition) is 2. The fourth-order valence-corrected chi connectivity index (χ4v) is 2.90. The molecule has 0 radical (unpaired) electrons. The lowest BCUT2D eigenvalue weighted by atomic mass is 9.92. The third-order valence-corrected chi connectivity index (χ3v) is 4.28. The number of nitrogens with one attached hydrogen (secondary N) is 1. The van der Waals surface area contributed by atoms with Crippen LogP contribution in [0, 0.1) is 10.5 Å². The van der Waals surface area contributed by atoms with Crippen molar-refractivity contribution >= 4 is 28.1 Å². The van der Waals surface area contributed by atoms with Gasteiger partial charge >= 0.3 is 0 Å². The summed E-state index contributed by atoms with van der Waals surface area (Å²) in [7, 11) is 0. The van der Waals surface area contributed by atoms with E-state index in [1.807, 2.05) is 0 Å². The van der Waals surface area contributed by atoms with Crippen LogP contribution in [0.15, 0.2) is 28.7 Å². The molecule has 0 unspecified atom stereocenters. The monoisotopic (exact) mass is 354 g/mol. The lowest BCUT2D eigenvalue weighted by Crippen LogP contribution is -2.17. The molecule has 2 nitrogen and oxygen atoms in total. The molecule has 0 fully saturated rings. The molecule has 1 aromatic carbocycles. The zero-order valence-electron chi connectivity index (χ0n) is 11.6. The zero-order valence-corrected chi connectivity index (χ0v) is 14.0. The summed E-state index contributed by atoms with van der Waals surface area (Å²) in [5.74, 6) is 0.551. The second-order valence-corrected chi connectivity index (χ2v) is 6.91. The Labute approximate surface area is 131 Å². The minimum atomic E-state index is -0.235. The third-order valence-electron chi connectivity index (χ3n) is 2.95. The van der Waals surface area contributed by atoms with Gasteiger partial charge in [0.25, 0.3) is 0 Å². The van der Waals surface area contributed by atoms with E-state index < -0.39 is 0 Å². The van der Waals surface area contributed by atoms with E-state index in [-0.39, 0.29) is 11.2 Å². The van der Waals surface area contributed by atoms with Crippen LogP contribution in [0.5, 0.6) is 0 Å². The second-order valence-electron chi connectivity index (χ2n) is 5.73. The van der Waals surface area contributed by atoms with Crippen molar-refractivity contribution in [2.75, 3.05) is 0 Å². The van der Waals surface area contributed by atoms with Gasteiger partial charge in [0.05, 0.1) is 4.47 Å². The number of benzene rings is 1. The average molecular weight is 355 g/mol. The van der Waals surface area contributed by atoms with Crippen LogP contribution >= 0.6 is 28.1 Å². The van der Waals surface area contributed by atoms with Gasteiger partial charge < -0.3 is 4.98 Å². The van der Waals surface area contributed by atoms with Crippen molar-refractivity contribution in [1.82, 2.24) is 9.97 Å². The summed E-state index contributed by atoms with van der Waals surface area (Å²) < 4.78 is 14.3. The fraction of sp³-hybridized carbons (Fsp3) is 0.333. The lowest BCUT2D eigenvalue weighted by molar-refractivity contribution is 0.558. The van der Waals surface area contributed by atoms with Crippen molar-refractivity contribution < 1.29 is 4.39 Å². The van der Waals surface area contributed by atoms with Crippen molar-refractivity contribution in [3.63, 3.8) is 0 Å². The molecule has 1 N–H and O–H groups in total. The number of aromatic amines is 1. The highest BCUT2D eigenvalue weighted by molar-refractivity contribution is 9.10. The smallest absolute Gasteiger partial charge is 0.144 e. The number of nitrogens with zero attached hydrogens (tertiary/aromatic N) is 1. The zero-order chi connectivity index (χ0) is 14.9. The van der Waals surface area contributed by atoms with Gasteiger partial charge in [-0.15, -0.1) is 0 Å². The van der Waals surface area contributed by atoms with Gasteiger partial charge in [-0.3, -0.25) is 0 Å². The minimum absolute atomic E-state index is 0.0626. The Morgan fingerprint density at radius 3 is 2.40 bits per heavy atom. The maximum atomic E-state index is 12.9. The molecule has 20 heavy (non-hydrogen) atoms. The number of H-pyrrole nitrogens is 1. The number of hydrogen-bond donors (Lipinski definition) is 1. The highest BCUT2D eigenvalue weighted by Crippen LogP contribution is 2.28. The molecule has 0 saturated carbocycles. The Balaban J connectivity index is 2.41. The molecule has 5 heteroatoms. The summed E-state index contributed by atoms with van der Waals surface area (Å²) in [6, 6.07) is 6.42. The molecule has 0 aliphatic carbocycles. The van der Waals surface area contributed by atoms with Crippen LogP contribution in [0.1, 0.15) is 37.9 Å².